The van der Waals surface area contributed by atoms with Gasteiger partial charge < -0.3 is 9.64 Å². The summed E-state index contributed by atoms with van der Waals surface area (Å²) >= 11 is 0. The van der Waals surface area contributed by atoms with E-state index >= 15 is 0 Å². The van der Waals surface area contributed by atoms with Crippen molar-refractivity contribution in [1.82, 2.24) is 4.90 Å². The van der Waals surface area contributed by atoms with E-state index < -0.39 is 22.2 Å². The van der Waals surface area contributed by atoms with Crippen LogP contribution in [0.5, 0.6) is 0 Å². The van der Waals surface area contributed by atoms with Crippen LogP contribution in [-0.2, 0) is 14.8 Å². The number of benzene rings is 1. The highest BCUT2D eigenvalue weighted by Gasteiger charge is 2.49. The van der Waals surface area contributed by atoms with Gasteiger partial charge in [-0.15, -0.1) is 0 Å². The number of sulfonamides is 1. The van der Waals surface area contributed by atoms with E-state index in [1.807, 2.05) is 25.7 Å². The molecule has 9 heteroatoms. The SMILES string of the molecule is CC(C)N1C(c2ccc(NS(C)(=O)=O)cc2)=C(C#N)C2=CC=C(OC(F)F)CC21C. The molecule has 1 aromatic rings. The van der Waals surface area contributed by atoms with Crippen LogP contribution < -0.4 is 4.72 Å². The fourth-order valence-corrected chi connectivity index (χ4v) is 4.81. The highest BCUT2D eigenvalue weighted by molar-refractivity contribution is 7.92. The maximum Gasteiger partial charge on any atom is 0.387 e. The van der Waals surface area contributed by atoms with Crippen molar-refractivity contribution in [2.45, 2.75) is 45.4 Å². The number of fused-ring (bicyclic) bond motifs is 1. The lowest BCUT2D eigenvalue weighted by molar-refractivity contribution is -0.102. The van der Waals surface area contributed by atoms with Gasteiger partial charge in [0, 0.05) is 18.2 Å². The largest absolute Gasteiger partial charge is 0.439 e. The van der Waals surface area contributed by atoms with Crippen molar-refractivity contribution in [3.8, 4) is 6.07 Å². The maximum absolute atomic E-state index is 12.8. The van der Waals surface area contributed by atoms with E-state index in [1.165, 1.54) is 6.08 Å². The fourth-order valence-electron chi connectivity index (χ4n) is 4.24. The minimum Gasteiger partial charge on any atom is -0.439 e. The van der Waals surface area contributed by atoms with Crippen LogP contribution >= 0.6 is 0 Å². The molecule has 1 aromatic carbocycles. The van der Waals surface area contributed by atoms with Crippen molar-refractivity contribution in [3.63, 3.8) is 0 Å². The summed E-state index contributed by atoms with van der Waals surface area (Å²) in [6, 6.07) is 8.95. The zero-order valence-corrected chi connectivity index (χ0v) is 17.9. The molecule has 1 heterocycles. The molecule has 0 amide bonds. The molecule has 1 unspecified atom stereocenters. The number of rotatable bonds is 6. The number of ether oxygens (including phenoxy) is 1. The summed E-state index contributed by atoms with van der Waals surface area (Å²) in [5, 5.41) is 9.93. The minimum atomic E-state index is -3.41. The van der Waals surface area contributed by atoms with E-state index in [-0.39, 0.29) is 18.2 Å². The van der Waals surface area contributed by atoms with E-state index in [9.17, 15) is 22.5 Å². The van der Waals surface area contributed by atoms with Gasteiger partial charge in [-0.05, 0) is 50.1 Å². The van der Waals surface area contributed by atoms with Crippen molar-refractivity contribution in [3.05, 3.63) is 58.9 Å². The van der Waals surface area contributed by atoms with Crippen molar-refractivity contribution >= 4 is 21.4 Å². The molecule has 6 nitrogen and oxygen atoms in total. The van der Waals surface area contributed by atoms with E-state index in [1.54, 1.807) is 30.3 Å². The molecule has 0 saturated carbocycles. The normalized spacial score (nSPS) is 21.4. The molecule has 1 N–H and O–H groups in total. The number of nitrogens with zero attached hydrogens (tertiary/aromatic N) is 2. The van der Waals surface area contributed by atoms with Crippen LogP contribution in [0.3, 0.4) is 0 Å². The van der Waals surface area contributed by atoms with Crippen molar-refractivity contribution in [1.29, 1.82) is 5.26 Å². The molecular weight excluding hydrogens is 412 g/mol. The van der Waals surface area contributed by atoms with Gasteiger partial charge in [0.2, 0.25) is 10.0 Å². The Hall–Kier alpha value is -2.86. The van der Waals surface area contributed by atoms with E-state index in [0.717, 1.165) is 17.4 Å². The lowest BCUT2D eigenvalue weighted by Gasteiger charge is -2.44. The summed E-state index contributed by atoms with van der Waals surface area (Å²) in [7, 11) is -3.41. The Bertz CT molecular complexity index is 1080. The Morgan fingerprint density at radius 2 is 1.87 bits per heavy atom. The molecule has 30 heavy (non-hydrogen) atoms. The summed E-state index contributed by atoms with van der Waals surface area (Å²) in [5.74, 6) is 0.160. The van der Waals surface area contributed by atoms with Crippen molar-refractivity contribution in [2.24, 2.45) is 0 Å². The molecule has 1 aliphatic heterocycles. The number of allylic oxidation sites excluding steroid dienone is 2. The molecule has 0 fully saturated rings. The highest BCUT2D eigenvalue weighted by atomic mass is 32.2. The minimum absolute atomic E-state index is 0.0426. The lowest BCUT2D eigenvalue weighted by atomic mass is 9.82. The Morgan fingerprint density at radius 3 is 2.37 bits per heavy atom. The molecule has 1 aliphatic carbocycles. The van der Waals surface area contributed by atoms with E-state index in [0.29, 0.717) is 17.0 Å². The summed E-state index contributed by atoms with van der Waals surface area (Å²) in [5.41, 5.74) is 2.30. The molecule has 0 radical (unpaired) electrons. The van der Waals surface area contributed by atoms with E-state index in [2.05, 4.69) is 15.5 Å². The summed E-state index contributed by atoms with van der Waals surface area (Å²) < 4.78 is 55.5. The second-order valence-corrected chi connectivity index (χ2v) is 9.54. The topological polar surface area (TPSA) is 82.4 Å². The third-order valence-electron chi connectivity index (χ3n) is 5.14. The van der Waals surface area contributed by atoms with Crippen LogP contribution in [0.2, 0.25) is 0 Å². The molecule has 0 bridgehead atoms. The number of nitriles is 1. The molecule has 2 aliphatic rings. The Balaban J connectivity index is 2.09. The predicted molar refractivity (Wildman–Crippen MR) is 111 cm³/mol. The average molecular weight is 435 g/mol. The molecule has 1 atom stereocenters. The number of halogens is 2. The van der Waals surface area contributed by atoms with Crippen molar-refractivity contribution in [2.75, 3.05) is 11.0 Å². The summed E-state index contributed by atoms with van der Waals surface area (Å²) in [6.45, 7) is 2.93. The molecule has 3 rings (SSSR count). The number of nitrogens with one attached hydrogen (secondary N) is 1. The van der Waals surface area contributed by atoms with E-state index in [4.69, 9.17) is 0 Å². The molecule has 0 spiro atoms. The molecule has 160 valence electrons. The molecule has 0 saturated heterocycles. The molecule has 0 aromatic heterocycles. The van der Waals surface area contributed by atoms with Gasteiger partial charge in [-0.3, -0.25) is 4.72 Å². The smallest absolute Gasteiger partial charge is 0.387 e. The van der Waals surface area contributed by atoms with Crippen LogP contribution in [0.1, 0.15) is 32.8 Å². The fraction of sp³-hybridized carbons (Fsp3) is 0.381. The standard InChI is InChI=1S/C21H23F2N3O3S/c1-13(2)26-19(14-5-7-15(8-6-14)25-30(4,27)28)17(12-24)18-10-9-16(29-20(22)23)11-21(18,26)3/h5-10,13,20,25H,11H2,1-4H3. The average Bonchev–Trinajstić information content (AvgIpc) is 2.88. The van der Waals surface area contributed by atoms with Crippen molar-refractivity contribution < 1.29 is 21.9 Å². The first-order valence-corrected chi connectivity index (χ1v) is 11.2. The van der Waals surface area contributed by atoms with Gasteiger partial charge in [-0.25, -0.2) is 8.42 Å². The first kappa shape index (κ1) is 21.8. The van der Waals surface area contributed by atoms with Gasteiger partial charge in [0.1, 0.15) is 11.8 Å². The zero-order valence-electron chi connectivity index (χ0n) is 17.1. The maximum atomic E-state index is 12.8. The Kier molecular flexibility index (Phi) is 5.65. The number of hydrogen-bond donors (Lipinski definition) is 1. The molecular formula is C21H23F2N3O3S. The third kappa shape index (κ3) is 4.05. The van der Waals surface area contributed by atoms with Gasteiger partial charge in [-0.2, -0.15) is 14.0 Å². The zero-order chi connectivity index (χ0) is 22.3. The highest BCUT2D eigenvalue weighted by Crippen LogP contribution is 2.51. The number of anilines is 1. The van der Waals surface area contributed by atoms with Gasteiger partial charge in [0.05, 0.1) is 23.1 Å². The monoisotopic (exact) mass is 435 g/mol. The second-order valence-electron chi connectivity index (χ2n) is 7.79. The predicted octanol–water partition coefficient (Wildman–Crippen LogP) is 4.23. The quantitative estimate of drug-likeness (QED) is 0.723. The number of hydrogen-bond acceptors (Lipinski definition) is 5. The number of alkyl halides is 2. The Morgan fingerprint density at radius 1 is 1.23 bits per heavy atom. The van der Waals surface area contributed by atoms with Crippen LogP contribution in [0.4, 0.5) is 14.5 Å². The van der Waals surface area contributed by atoms with Crippen LogP contribution in [-0.4, -0.2) is 37.8 Å². The van der Waals surface area contributed by atoms with Crippen LogP contribution in [0.25, 0.3) is 5.70 Å². The Labute approximate surface area is 175 Å². The third-order valence-corrected chi connectivity index (χ3v) is 5.75. The van der Waals surface area contributed by atoms with Gasteiger partial charge in [0.15, 0.2) is 0 Å². The summed E-state index contributed by atoms with van der Waals surface area (Å²) in [6.07, 6.45) is 4.42. The van der Waals surface area contributed by atoms with Crippen LogP contribution in [0.15, 0.2) is 53.3 Å². The van der Waals surface area contributed by atoms with Crippen LogP contribution in [0, 0.1) is 11.3 Å². The summed E-state index contributed by atoms with van der Waals surface area (Å²) in [4.78, 5) is 2.04. The van der Waals surface area contributed by atoms with Gasteiger partial charge in [-0.1, -0.05) is 18.2 Å². The van der Waals surface area contributed by atoms with Gasteiger partial charge >= 0.3 is 6.61 Å². The first-order chi connectivity index (χ1) is 14.0. The lowest BCUT2D eigenvalue weighted by Crippen LogP contribution is -2.47. The first-order valence-electron chi connectivity index (χ1n) is 9.34. The second kappa shape index (κ2) is 7.76. The van der Waals surface area contributed by atoms with Gasteiger partial charge in [0.25, 0.3) is 0 Å².